The third-order valence-electron chi connectivity index (χ3n) is 1.50. The average molecular weight is 234 g/mol. The van der Waals surface area contributed by atoms with E-state index in [0.717, 1.165) is 6.42 Å². The molecule has 0 rings (SSSR count). The zero-order valence-corrected chi connectivity index (χ0v) is 10.3. The highest BCUT2D eigenvalue weighted by Gasteiger charge is 2.15. The van der Waals surface area contributed by atoms with Gasteiger partial charge < -0.3 is 19.3 Å². The van der Waals surface area contributed by atoms with Crippen molar-refractivity contribution in [2.45, 2.75) is 39.2 Å². The van der Waals surface area contributed by atoms with Gasteiger partial charge in [-0.3, -0.25) is 0 Å². The molecule has 0 saturated carbocycles. The molecule has 0 fully saturated rings. The monoisotopic (exact) mass is 234 g/mol. The van der Waals surface area contributed by atoms with Gasteiger partial charge in [-0.1, -0.05) is 0 Å². The van der Waals surface area contributed by atoms with Crippen molar-refractivity contribution in [3.8, 4) is 0 Å². The highest BCUT2D eigenvalue weighted by Crippen LogP contribution is 2.06. The summed E-state index contributed by atoms with van der Waals surface area (Å²) in [5, 5.41) is 8.50. The second-order valence-electron chi connectivity index (χ2n) is 4.39. The van der Waals surface area contributed by atoms with Crippen molar-refractivity contribution in [2.75, 3.05) is 26.6 Å². The molecule has 0 spiro atoms. The summed E-state index contributed by atoms with van der Waals surface area (Å²) in [6.07, 6.45) is 1.50. The first-order chi connectivity index (χ1) is 7.45. The maximum atomic E-state index is 11.2. The minimum Gasteiger partial charge on any atom is -0.458 e. The van der Waals surface area contributed by atoms with Gasteiger partial charge in [-0.15, -0.1) is 0 Å². The highest BCUT2D eigenvalue weighted by atomic mass is 16.7. The molecule has 0 aromatic rings. The SMILES string of the molecule is CC(C)(C)OC(=O)COCOCCCCO. The number of aliphatic hydroxyl groups is 1. The van der Waals surface area contributed by atoms with E-state index in [0.29, 0.717) is 13.0 Å². The molecule has 5 nitrogen and oxygen atoms in total. The summed E-state index contributed by atoms with van der Waals surface area (Å²) in [7, 11) is 0. The van der Waals surface area contributed by atoms with Crippen LogP contribution >= 0.6 is 0 Å². The maximum absolute atomic E-state index is 11.2. The van der Waals surface area contributed by atoms with Crippen LogP contribution in [0.3, 0.4) is 0 Å². The van der Waals surface area contributed by atoms with Crippen LogP contribution in [0.25, 0.3) is 0 Å². The number of esters is 1. The fourth-order valence-electron chi connectivity index (χ4n) is 0.930. The first-order valence-electron chi connectivity index (χ1n) is 5.44. The molecule has 0 atom stereocenters. The van der Waals surface area contributed by atoms with E-state index in [1.807, 2.05) is 0 Å². The number of hydrogen-bond acceptors (Lipinski definition) is 5. The lowest BCUT2D eigenvalue weighted by atomic mass is 10.2. The fourth-order valence-corrected chi connectivity index (χ4v) is 0.930. The standard InChI is InChI=1S/C11H22O5/c1-11(2,3)16-10(13)8-15-9-14-7-5-4-6-12/h12H,4-9H2,1-3H3. The van der Waals surface area contributed by atoms with Crippen molar-refractivity contribution in [2.24, 2.45) is 0 Å². The summed E-state index contributed by atoms with van der Waals surface area (Å²) in [6.45, 7) is 6.07. The van der Waals surface area contributed by atoms with Gasteiger partial charge >= 0.3 is 5.97 Å². The van der Waals surface area contributed by atoms with Crippen LogP contribution in [-0.2, 0) is 19.0 Å². The van der Waals surface area contributed by atoms with Crippen LogP contribution < -0.4 is 0 Å². The summed E-state index contributed by atoms with van der Waals surface area (Å²) < 4.78 is 15.1. The number of carbonyl (C=O) groups is 1. The van der Waals surface area contributed by atoms with Gasteiger partial charge in [0.1, 0.15) is 19.0 Å². The Hall–Kier alpha value is -0.650. The van der Waals surface area contributed by atoms with E-state index in [4.69, 9.17) is 19.3 Å². The van der Waals surface area contributed by atoms with Crippen LogP contribution in [0.15, 0.2) is 0 Å². The minimum atomic E-state index is -0.484. The van der Waals surface area contributed by atoms with E-state index in [9.17, 15) is 4.79 Å². The molecule has 0 unspecified atom stereocenters. The van der Waals surface area contributed by atoms with Gasteiger partial charge in [0.25, 0.3) is 0 Å². The maximum Gasteiger partial charge on any atom is 0.332 e. The zero-order chi connectivity index (χ0) is 12.4. The topological polar surface area (TPSA) is 65.0 Å². The highest BCUT2D eigenvalue weighted by molar-refractivity contribution is 5.71. The Bertz CT molecular complexity index is 185. The van der Waals surface area contributed by atoms with E-state index < -0.39 is 11.6 Å². The second-order valence-corrected chi connectivity index (χ2v) is 4.39. The van der Waals surface area contributed by atoms with E-state index in [1.54, 1.807) is 20.8 Å². The normalized spacial score (nSPS) is 11.5. The molecule has 5 heteroatoms. The summed E-state index contributed by atoms with van der Waals surface area (Å²) >= 11 is 0. The van der Waals surface area contributed by atoms with Gasteiger partial charge in [-0.2, -0.15) is 0 Å². The van der Waals surface area contributed by atoms with Crippen molar-refractivity contribution >= 4 is 5.97 Å². The van der Waals surface area contributed by atoms with E-state index >= 15 is 0 Å². The molecule has 0 aliphatic heterocycles. The van der Waals surface area contributed by atoms with Crippen LogP contribution in [-0.4, -0.2) is 43.3 Å². The third kappa shape index (κ3) is 11.4. The van der Waals surface area contributed by atoms with Gasteiger partial charge in [-0.05, 0) is 33.6 Å². The predicted octanol–water partition coefficient (Wildman–Crippen LogP) is 1.09. The van der Waals surface area contributed by atoms with Crippen LogP contribution in [0.1, 0.15) is 33.6 Å². The molecular weight excluding hydrogens is 212 g/mol. The van der Waals surface area contributed by atoms with Crippen molar-refractivity contribution in [3.63, 3.8) is 0 Å². The van der Waals surface area contributed by atoms with Gasteiger partial charge in [0.2, 0.25) is 0 Å². The number of hydrogen-bond donors (Lipinski definition) is 1. The fraction of sp³-hybridized carbons (Fsp3) is 0.909. The predicted molar refractivity (Wildman–Crippen MR) is 58.9 cm³/mol. The number of unbranched alkanes of at least 4 members (excludes halogenated alkanes) is 1. The first kappa shape index (κ1) is 15.3. The minimum absolute atomic E-state index is 0.0741. The Morgan fingerprint density at radius 3 is 2.44 bits per heavy atom. The Balaban J connectivity index is 3.28. The van der Waals surface area contributed by atoms with Gasteiger partial charge in [0, 0.05) is 13.2 Å². The van der Waals surface area contributed by atoms with E-state index in [-0.39, 0.29) is 20.0 Å². The summed E-state index contributed by atoms with van der Waals surface area (Å²) in [5.74, 6) is -0.397. The van der Waals surface area contributed by atoms with Crippen LogP contribution in [0.4, 0.5) is 0 Å². The molecule has 1 N–H and O–H groups in total. The Morgan fingerprint density at radius 2 is 1.88 bits per heavy atom. The zero-order valence-electron chi connectivity index (χ0n) is 10.3. The molecule has 0 heterocycles. The lowest BCUT2D eigenvalue weighted by Gasteiger charge is -2.19. The van der Waals surface area contributed by atoms with Crippen LogP contribution in [0.2, 0.25) is 0 Å². The van der Waals surface area contributed by atoms with Crippen molar-refractivity contribution < 1.29 is 24.1 Å². The lowest BCUT2D eigenvalue weighted by molar-refractivity contribution is -0.165. The molecule has 0 radical (unpaired) electrons. The molecule has 0 aliphatic carbocycles. The Kier molecular flexibility index (Phi) is 8.15. The average Bonchev–Trinajstić information content (AvgIpc) is 2.13. The number of aliphatic hydroxyl groups excluding tert-OH is 1. The third-order valence-corrected chi connectivity index (χ3v) is 1.50. The molecule has 96 valence electrons. The summed E-state index contributed by atoms with van der Waals surface area (Å²) in [5.41, 5.74) is -0.484. The lowest BCUT2D eigenvalue weighted by Crippen LogP contribution is -2.26. The Morgan fingerprint density at radius 1 is 1.19 bits per heavy atom. The molecule has 0 bridgehead atoms. The molecular formula is C11H22O5. The van der Waals surface area contributed by atoms with Gasteiger partial charge in [0.15, 0.2) is 0 Å². The smallest absolute Gasteiger partial charge is 0.332 e. The van der Waals surface area contributed by atoms with Crippen molar-refractivity contribution in [1.82, 2.24) is 0 Å². The summed E-state index contributed by atoms with van der Waals surface area (Å²) in [6, 6.07) is 0. The van der Waals surface area contributed by atoms with E-state index in [2.05, 4.69) is 0 Å². The van der Waals surface area contributed by atoms with Crippen LogP contribution in [0, 0.1) is 0 Å². The van der Waals surface area contributed by atoms with Crippen LogP contribution in [0.5, 0.6) is 0 Å². The molecule has 0 amide bonds. The second kappa shape index (κ2) is 8.50. The Labute approximate surface area is 96.7 Å². The summed E-state index contributed by atoms with van der Waals surface area (Å²) in [4.78, 5) is 11.2. The van der Waals surface area contributed by atoms with Gasteiger partial charge in [-0.25, -0.2) is 4.79 Å². The van der Waals surface area contributed by atoms with Gasteiger partial charge in [0.05, 0.1) is 0 Å². The number of rotatable bonds is 8. The molecule has 0 aromatic carbocycles. The van der Waals surface area contributed by atoms with E-state index in [1.165, 1.54) is 0 Å². The van der Waals surface area contributed by atoms with Crippen molar-refractivity contribution in [3.05, 3.63) is 0 Å². The molecule has 0 aromatic heterocycles. The quantitative estimate of drug-likeness (QED) is 0.387. The molecule has 0 saturated heterocycles. The number of carbonyl (C=O) groups excluding carboxylic acids is 1. The largest absolute Gasteiger partial charge is 0.458 e. The molecule has 0 aliphatic rings. The first-order valence-corrected chi connectivity index (χ1v) is 5.44. The van der Waals surface area contributed by atoms with Crippen molar-refractivity contribution in [1.29, 1.82) is 0 Å². The molecule has 16 heavy (non-hydrogen) atoms. The number of ether oxygens (including phenoxy) is 3.